The molecule has 1 rings (SSSR count). The first-order chi connectivity index (χ1) is 8.77. The van der Waals surface area contributed by atoms with Gasteiger partial charge >= 0.3 is 0 Å². The van der Waals surface area contributed by atoms with Gasteiger partial charge in [0.1, 0.15) is 5.82 Å². The quantitative estimate of drug-likeness (QED) is 0.642. The van der Waals surface area contributed by atoms with Crippen molar-refractivity contribution in [1.29, 1.82) is 0 Å². The molecule has 0 spiro atoms. The third-order valence-electron chi connectivity index (χ3n) is 2.21. The highest BCUT2D eigenvalue weighted by molar-refractivity contribution is 9.10. The van der Waals surface area contributed by atoms with Gasteiger partial charge in [-0.1, -0.05) is 0 Å². The van der Waals surface area contributed by atoms with Gasteiger partial charge in [-0.3, -0.25) is 0 Å². The molecular formula is C10H14BrFN2O4S. The first kappa shape index (κ1) is 16.3. The zero-order valence-electron chi connectivity index (χ0n) is 10.1. The van der Waals surface area contributed by atoms with E-state index in [0.717, 1.165) is 12.1 Å². The second-order valence-electron chi connectivity index (χ2n) is 3.77. The smallest absolute Gasteiger partial charge is 0.241 e. The number of aliphatic hydroxyl groups excluding tert-OH is 1. The second kappa shape index (κ2) is 6.62. The maximum absolute atomic E-state index is 13.1. The van der Waals surface area contributed by atoms with Crippen molar-refractivity contribution < 1.29 is 22.7 Å². The number of rotatable bonds is 6. The number of hydrogen-bond donors (Lipinski definition) is 3. The Hall–Kier alpha value is -0.740. The number of ether oxygens (including phenoxy) is 1. The molecule has 0 aromatic heterocycles. The SMILES string of the molecule is COCC(O)CNS(=O)(=O)c1cc(N)c(F)cc1Br. The monoisotopic (exact) mass is 356 g/mol. The van der Waals surface area contributed by atoms with Crippen LogP contribution >= 0.6 is 15.9 Å². The zero-order chi connectivity index (χ0) is 14.6. The molecule has 9 heteroatoms. The van der Waals surface area contributed by atoms with Crippen molar-refractivity contribution >= 4 is 31.6 Å². The number of anilines is 1. The summed E-state index contributed by atoms with van der Waals surface area (Å²) in [5.41, 5.74) is 5.06. The van der Waals surface area contributed by atoms with Crippen molar-refractivity contribution in [2.24, 2.45) is 0 Å². The van der Waals surface area contributed by atoms with Crippen LogP contribution in [-0.2, 0) is 14.8 Å². The summed E-state index contributed by atoms with van der Waals surface area (Å²) >= 11 is 2.95. The minimum Gasteiger partial charge on any atom is -0.396 e. The number of halogens is 2. The standard InChI is InChI=1S/C10H14BrFN2O4S/c1-18-5-6(15)4-14-19(16,17)10-3-9(13)8(12)2-7(10)11/h2-3,6,14-15H,4-5,13H2,1H3. The van der Waals surface area contributed by atoms with Gasteiger partial charge in [0.05, 0.1) is 23.3 Å². The Kier molecular flexibility index (Phi) is 5.68. The van der Waals surface area contributed by atoms with E-state index >= 15 is 0 Å². The van der Waals surface area contributed by atoms with E-state index in [1.807, 2.05) is 0 Å². The van der Waals surface area contributed by atoms with Crippen LogP contribution in [0.3, 0.4) is 0 Å². The van der Waals surface area contributed by atoms with E-state index in [4.69, 9.17) is 5.73 Å². The number of sulfonamides is 1. The molecule has 0 bridgehead atoms. The Morgan fingerprint density at radius 1 is 1.58 bits per heavy atom. The lowest BCUT2D eigenvalue weighted by atomic mass is 10.3. The van der Waals surface area contributed by atoms with Crippen LogP contribution in [-0.4, -0.2) is 39.9 Å². The van der Waals surface area contributed by atoms with Gasteiger partial charge < -0.3 is 15.6 Å². The minimum atomic E-state index is -3.90. The van der Waals surface area contributed by atoms with Crippen LogP contribution in [0.2, 0.25) is 0 Å². The lowest BCUT2D eigenvalue weighted by Gasteiger charge is -2.12. The maximum Gasteiger partial charge on any atom is 0.241 e. The lowest BCUT2D eigenvalue weighted by molar-refractivity contribution is 0.0679. The molecule has 4 N–H and O–H groups in total. The van der Waals surface area contributed by atoms with Crippen LogP contribution in [0.5, 0.6) is 0 Å². The van der Waals surface area contributed by atoms with Crippen LogP contribution in [0, 0.1) is 5.82 Å². The molecule has 0 saturated carbocycles. The van der Waals surface area contributed by atoms with Crippen molar-refractivity contribution in [2.45, 2.75) is 11.0 Å². The van der Waals surface area contributed by atoms with Crippen LogP contribution in [0.1, 0.15) is 0 Å². The van der Waals surface area contributed by atoms with Crippen molar-refractivity contribution in [3.8, 4) is 0 Å². The Labute approximate surface area is 118 Å². The Bertz CT molecular complexity index is 553. The predicted octanol–water partition coefficient (Wildman–Crippen LogP) is 0.456. The Morgan fingerprint density at radius 2 is 2.21 bits per heavy atom. The second-order valence-corrected chi connectivity index (χ2v) is 6.35. The summed E-state index contributed by atoms with van der Waals surface area (Å²) in [6.07, 6.45) is -0.976. The van der Waals surface area contributed by atoms with E-state index < -0.39 is 21.9 Å². The topological polar surface area (TPSA) is 102 Å². The fraction of sp³-hybridized carbons (Fsp3) is 0.400. The van der Waals surface area contributed by atoms with E-state index in [2.05, 4.69) is 25.4 Å². The number of nitrogens with one attached hydrogen (secondary N) is 1. The van der Waals surface area contributed by atoms with Gasteiger partial charge in [0, 0.05) is 18.1 Å². The summed E-state index contributed by atoms with van der Waals surface area (Å²) in [6, 6.07) is 1.97. The number of nitrogens with two attached hydrogens (primary N) is 1. The van der Waals surface area contributed by atoms with E-state index in [0.29, 0.717) is 0 Å². The highest BCUT2D eigenvalue weighted by Gasteiger charge is 2.20. The Balaban J connectivity index is 2.92. The van der Waals surface area contributed by atoms with Crippen molar-refractivity contribution in [2.75, 3.05) is 26.0 Å². The van der Waals surface area contributed by atoms with Crippen LogP contribution in [0.15, 0.2) is 21.5 Å². The van der Waals surface area contributed by atoms with Gasteiger partial charge in [-0.2, -0.15) is 0 Å². The summed E-state index contributed by atoms with van der Waals surface area (Å²) in [5.74, 6) is -0.717. The van der Waals surface area contributed by atoms with Crippen molar-refractivity contribution in [3.63, 3.8) is 0 Å². The van der Waals surface area contributed by atoms with Gasteiger partial charge in [-0.05, 0) is 28.1 Å². The van der Waals surface area contributed by atoms with Crippen LogP contribution < -0.4 is 10.5 Å². The molecule has 1 atom stereocenters. The summed E-state index contributed by atoms with van der Waals surface area (Å²) < 4.78 is 43.9. The fourth-order valence-corrected chi connectivity index (χ4v) is 3.41. The predicted molar refractivity (Wildman–Crippen MR) is 71.6 cm³/mol. The minimum absolute atomic E-state index is 0.00472. The maximum atomic E-state index is 13.1. The molecule has 1 aromatic carbocycles. The van der Waals surface area contributed by atoms with Crippen LogP contribution in [0.25, 0.3) is 0 Å². The number of benzene rings is 1. The molecule has 0 radical (unpaired) electrons. The Morgan fingerprint density at radius 3 is 2.79 bits per heavy atom. The first-order valence-electron chi connectivity index (χ1n) is 5.19. The molecular weight excluding hydrogens is 343 g/mol. The number of nitrogen functional groups attached to an aromatic ring is 1. The molecule has 0 aliphatic rings. The number of aliphatic hydroxyl groups is 1. The van der Waals surface area contributed by atoms with Crippen molar-refractivity contribution in [1.82, 2.24) is 4.72 Å². The fourth-order valence-electron chi connectivity index (χ4n) is 1.29. The summed E-state index contributed by atoms with van der Waals surface area (Å²) in [4.78, 5) is -0.198. The molecule has 1 aromatic rings. The summed E-state index contributed by atoms with van der Waals surface area (Å²) in [7, 11) is -2.52. The molecule has 0 fully saturated rings. The molecule has 0 aliphatic heterocycles. The molecule has 0 aliphatic carbocycles. The van der Waals surface area contributed by atoms with Gasteiger partial charge in [-0.25, -0.2) is 17.5 Å². The largest absolute Gasteiger partial charge is 0.396 e. The molecule has 0 heterocycles. The highest BCUT2D eigenvalue weighted by atomic mass is 79.9. The zero-order valence-corrected chi connectivity index (χ0v) is 12.5. The number of methoxy groups -OCH3 is 1. The summed E-state index contributed by atoms with van der Waals surface area (Å²) in [5, 5.41) is 9.38. The van der Waals surface area contributed by atoms with Gasteiger partial charge in [-0.15, -0.1) is 0 Å². The third-order valence-corrected chi connectivity index (χ3v) is 4.59. The average molecular weight is 357 g/mol. The molecule has 0 amide bonds. The van der Waals surface area contributed by atoms with Gasteiger partial charge in [0.25, 0.3) is 0 Å². The molecule has 108 valence electrons. The number of hydrogen-bond acceptors (Lipinski definition) is 5. The van der Waals surface area contributed by atoms with Crippen molar-refractivity contribution in [3.05, 3.63) is 22.4 Å². The van der Waals surface area contributed by atoms with Gasteiger partial charge in [0.15, 0.2) is 0 Å². The summed E-state index contributed by atoms with van der Waals surface area (Å²) in [6.45, 7) is -0.227. The molecule has 1 unspecified atom stereocenters. The van der Waals surface area contributed by atoms with Gasteiger partial charge in [0.2, 0.25) is 10.0 Å². The van der Waals surface area contributed by atoms with E-state index in [9.17, 15) is 17.9 Å². The van der Waals surface area contributed by atoms with E-state index in [1.54, 1.807) is 0 Å². The molecule has 6 nitrogen and oxygen atoms in total. The first-order valence-corrected chi connectivity index (χ1v) is 7.46. The molecule has 19 heavy (non-hydrogen) atoms. The van der Waals surface area contributed by atoms with E-state index in [-0.39, 0.29) is 28.2 Å². The van der Waals surface area contributed by atoms with Crippen LogP contribution in [0.4, 0.5) is 10.1 Å². The average Bonchev–Trinajstić information content (AvgIpc) is 2.31. The van der Waals surface area contributed by atoms with E-state index in [1.165, 1.54) is 7.11 Å². The lowest BCUT2D eigenvalue weighted by Crippen LogP contribution is -2.34. The molecule has 0 saturated heterocycles. The normalized spacial score (nSPS) is 13.5. The third kappa shape index (κ3) is 4.39. The highest BCUT2D eigenvalue weighted by Crippen LogP contribution is 2.26.